The number of rotatable bonds is 4. The predicted molar refractivity (Wildman–Crippen MR) is 46.9 cm³/mol. The second kappa shape index (κ2) is 4.49. The summed E-state index contributed by atoms with van der Waals surface area (Å²) in [6, 6.07) is 0. The Morgan fingerprint density at radius 3 is 2.29 bits per heavy atom. The van der Waals surface area contributed by atoms with Gasteiger partial charge >= 0.3 is 6.18 Å². The monoisotopic (exact) mass is 211 g/mol. The van der Waals surface area contributed by atoms with Gasteiger partial charge in [-0.25, -0.2) is 0 Å². The summed E-state index contributed by atoms with van der Waals surface area (Å²) in [4.78, 5) is 0. The molecule has 2 nitrogen and oxygen atoms in total. The molecule has 1 fully saturated rings. The molecule has 14 heavy (non-hydrogen) atoms. The summed E-state index contributed by atoms with van der Waals surface area (Å²) in [5, 5.41) is 0. The van der Waals surface area contributed by atoms with Crippen molar-refractivity contribution in [2.24, 2.45) is 5.73 Å². The molecule has 0 spiro atoms. The molecule has 1 saturated carbocycles. The molecule has 0 aromatic carbocycles. The molecule has 5 heteroatoms. The second-order valence-corrected chi connectivity index (χ2v) is 3.99. The molecule has 0 radical (unpaired) electrons. The van der Waals surface area contributed by atoms with Gasteiger partial charge in [0, 0.05) is 12.1 Å². The third-order valence-corrected chi connectivity index (χ3v) is 2.61. The first kappa shape index (κ1) is 11.8. The summed E-state index contributed by atoms with van der Waals surface area (Å²) in [5.74, 6) is 0. The number of nitrogens with two attached hydrogens (primary N) is 1. The molecule has 1 rings (SSSR count). The maximum atomic E-state index is 11.7. The standard InChI is InChI=1S/C9H16F3NO/c10-9(11,12)7-14-6-5-8(13)3-1-2-4-8/h1-7,13H2. The minimum atomic E-state index is -4.22. The summed E-state index contributed by atoms with van der Waals surface area (Å²) < 4.78 is 39.6. The molecule has 1 aliphatic carbocycles. The molecule has 1 aliphatic rings. The number of hydrogen-bond acceptors (Lipinski definition) is 2. The molecule has 0 aromatic heterocycles. The first-order chi connectivity index (χ1) is 6.41. The molecule has 0 bridgehead atoms. The summed E-state index contributed by atoms with van der Waals surface area (Å²) in [6.45, 7) is -1.06. The van der Waals surface area contributed by atoms with Gasteiger partial charge in [0.05, 0.1) is 0 Å². The molecule has 0 saturated heterocycles. The fraction of sp³-hybridized carbons (Fsp3) is 1.00. The van der Waals surface area contributed by atoms with Gasteiger partial charge in [0.1, 0.15) is 6.61 Å². The highest BCUT2D eigenvalue weighted by Crippen LogP contribution is 2.30. The Bertz CT molecular complexity index is 175. The molecule has 0 unspecified atom stereocenters. The van der Waals surface area contributed by atoms with E-state index in [1.165, 1.54) is 0 Å². The topological polar surface area (TPSA) is 35.2 Å². The summed E-state index contributed by atoms with van der Waals surface area (Å²) in [5.41, 5.74) is 5.68. The second-order valence-electron chi connectivity index (χ2n) is 3.99. The van der Waals surface area contributed by atoms with Crippen molar-refractivity contribution in [1.29, 1.82) is 0 Å². The lowest BCUT2D eigenvalue weighted by atomic mass is 9.95. The lowest BCUT2D eigenvalue weighted by molar-refractivity contribution is -0.174. The number of ether oxygens (including phenoxy) is 1. The van der Waals surface area contributed by atoms with Gasteiger partial charge < -0.3 is 10.5 Å². The van der Waals surface area contributed by atoms with Crippen LogP contribution >= 0.6 is 0 Å². The van der Waals surface area contributed by atoms with Crippen LogP contribution in [0.4, 0.5) is 13.2 Å². The molecule has 0 amide bonds. The van der Waals surface area contributed by atoms with Gasteiger partial charge in [-0.3, -0.25) is 0 Å². The minimum Gasteiger partial charge on any atom is -0.372 e. The van der Waals surface area contributed by atoms with Crippen molar-refractivity contribution in [3.63, 3.8) is 0 Å². The highest BCUT2D eigenvalue weighted by molar-refractivity contribution is 4.88. The van der Waals surface area contributed by atoms with E-state index in [0.717, 1.165) is 25.7 Å². The van der Waals surface area contributed by atoms with Crippen molar-refractivity contribution in [2.75, 3.05) is 13.2 Å². The Balaban J connectivity index is 2.09. The lowest BCUT2D eigenvalue weighted by Gasteiger charge is -2.23. The maximum absolute atomic E-state index is 11.7. The van der Waals surface area contributed by atoms with Gasteiger partial charge in [-0.1, -0.05) is 12.8 Å². The van der Waals surface area contributed by atoms with E-state index in [1.807, 2.05) is 0 Å². The smallest absolute Gasteiger partial charge is 0.372 e. The highest BCUT2D eigenvalue weighted by Gasteiger charge is 2.30. The van der Waals surface area contributed by atoms with Crippen LogP contribution in [0.1, 0.15) is 32.1 Å². The van der Waals surface area contributed by atoms with E-state index in [2.05, 4.69) is 4.74 Å². The van der Waals surface area contributed by atoms with E-state index >= 15 is 0 Å². The molecule has 84 valence electrons. The first-order valence-electron chi connectivity index (χ1n) is 4.85. The van der Waals surface area contributed by atoms with Crippen LogP contribution < -0.4 is 5.73 Å². The van der Waals surface area contributed by atoms with Crippen molar-refractivity contribution in [1.82, 2.24) is 0 Å². The molecule has 0 aromatic rings. The Kier molecular flexibility index (Phi) is 3.78. The van der Waals surface area contributed by atoms with E-state index in [1.54, 1.807) is 0 Å². The van der Waals surface area contributed by atoms with Crippen molar-refractivity contribution >= 4 is 0 Å². The van der Waals surface area contributed by atoms with Crippen molar-refractivity contribution < 1.29 is 17.9 Å². The van der Waals surface area contributed by atoms with Crippen LogP contribution in [0.15, 0.2) is 0 Å². The molecule has 0 atom stereocenters. The quantitative estimate of drug-likeness (QED) is 0.724. The van der Waals surface area contributed by atoms with Crippen LogP contribution in [0.3, 0.4) is 0 Å². The third-order valence-electron chi connectivity index (χ3n) is 2.61. The molecular weight excluding hydrogens is 195 g/mol. The van der Waals surface area contributed by atoms with Gasteiger partial charge in [0.2, 0.25) is 0 Å². The van der Waals surface area contributed by atoms with Gasteiger partial charge in [-0.2, -0.15) is 13.2 Å². The minimum absolute atomic E-state index is 0.107. The van der Waals surface area contributed by atoms with Gasteiger partial charge in [0.25, 0.3) is 0 Å². The van der Waals surface area contributed by atoms with Gasteiger partial charge in [0.15, 0.2) is 0 Å². The first-order valence-corrected chi connectivity index (χ1v) is 4.85. The SMILES string of the molecule is NC1(CCOCC(F)(F)F)CCCC1. The molecule has 2 N–H and O–H groups in total. The zero-order chi connectivity index (χ0) is 10.7. The van der Waals surface area contributed by atoms with Crippen LogP contribution in [0.5, 0.6) is 0 Å². The fourth-order valence-electron chi connectivity index (χ4n) is 1.79. The number of alkyl halides is 3. The Morgan fingerprint density at radius 2 is 1.79 bits per heavy atom. The third kappa shape index (κ3) is 4.28. The van der Waals surface area contributed by atoms with Crippen molar-refractivity contribution in [3.8, 4) is 0 Å². The normalized spacial score (nSPS) is 21.4. The van der Waals surface area contributed by atoms with Crippen LogP contribution in [-0.2, 0) is 4.74 Å². The van der Waals surface area contributed by atoms with Crippen LogP contribution in [0.25, 0.3) is 0 Å². The van der Waals surface area contributed by atoms with E-state index in [0.29, 0.717) is 6.42 Å². The fourth-order valence-corrected chi connectivity index (χ4v) is 1.79. The van der Waals surface area contributed by atoms with Crippen molar-refractivity contribution in [3.05, 3.63) is 0 Å². The van der Waals surface area contributed by atoms with E-state index < -0.39 is 12.8 Å². The summed E-state index contributed by atoms with van der Waals surface area (Å²) >= 11 is 0. The van der Waals surface area contributed by atoms with E-state index in [4.69, 9.17) is 5.73 Å². The predicted octanol–water partition coefficient (Wildman–Crippen LogP) is 2.23. The average Bonchev–Trinajstić information content (AvgIpc) is 2.45. The zero-order valence-electron chi connectivity index (χ0n) is 8.07. The van der Waals surface area contributed by atoms with Gasteiger partial charge in [-0.05, 0) is 19.3 Å². The molecule has 0 heterocycles. The molecule has 0 aliphatic heterocycles. The van der Waals surface area contributed by atoms with Gasteiger partial charge in [-0.15, -0.1) is 0 Å². The number of halogens is 3. The Labute approximate surface area is 81.6 Å². The average molecular weight is 211 g/mol. The Morgan fingerprint density at radius 1 is 1.21 bits per heavy atom. The summed E-state index contributed by atoms with van der Waals surface area (Å²) in [6.07, 6.45) is 0.275. The summed E-state index contributed by atoms with van der Waals surface area (Å²) in [7, 11) is 0. The van der Waals surface area contributed by atoms with Crippen LogP contribution in [-0.4, -0.2) is 24.9 Å². The number of hydrogen-bond donors (Lipinski definition) is 1. The van der Waals surface area contributed by atoms with E-state index in [-0.39, 0.29) is 12.1 Å². The largest absolute Gasteiger partial charge is 0.411 e. The lowest BCUT2D eigenvalue weighted by Crippen LogP contribution is -2.37. The molecular formula is C9H16F3NO. The Hall–Kier alpha value is -0.290. The zero-order valence-corrected chi connectivity index (χ0v) is 8.07. The maximum Gasteiger partial charge on any atom is 0.411 e. The van der Waals surface area contributed by atoms with E-state index in [9.17, 15) is 13.2 Å². The highest BCUT2D eigenvalue weighted by atomic mass is 19.4. The van der Waals surface area contributed by atoms with Crippen LogP contribution in [0.2, 0.25) is 0 Å². The van der Waals surface area contributed by atoms with Crippen LogP contribution in [0, 0.1) is 0 Å². The van der Waals surface area contributed by atoms with Crippen molar-refractivity contribution in [2.45, 2.75) is 43.8 Å².